The van der Waals surface area contributed by atoms with Gasteiger partial charge in [-0.15, -0.1) is 0 Å². The highest BCUT2D eigenvalue weighted by Crippen LogP contribution is 2.64. The van der Waals surface area contributed by atoms with Gasteiger partial charge in [0, 0.05) is 37.5 Å². The van der Waals surface area contributed by atoms with E-state index in [1.54, 1.807) is 83.1 Å². The van der Waals surface area contributed by atoms with Gasteiger partial charge in [0.25, 0.3) is 0 Å². The van der Waals surface area contributed by atoms with Crippen LogP contribution < -0.4 is 5.32 Å². The molecule has 4 aliphatic rings. The van der Waals surface area contributed by atoms with E-state index in [2.05, 4.69) is 5.32 Å². The number of ether oxygens (including phenoxy) is 6. The van der Waals surface area contributed by atoms with Crippen LogP contribution in [0.15, 0.2) is 71.8 Å². The lowest BCUT2D eigenvalue weighted by atomic mass is 9.44. The molecular weight excluding hydrogens is 871 g/mol. The van der Waals surface area contributed by atoms with E-state index in [4.69, 9.17) is 28.4 Å². The zero-order valence-electron chi connectivity index (χ0n) is 39.7. The van der Waals surface area contributed by atoms with E-state index in [1.165, 1.54) is 39.8 Å². The highest BCUT2D eigenvalue weighted by Gasteiger charge is 2.78. The van der Waals surface area contributed by atoms with Crippen molar-refractivity contribution in [3.05, 3.63) is 82.9 Å². The molecule has 1 aliphatic heterocycles. The van der Waals surface area contributed by atoms with Gasteiger partial charge in [-0.25, -0.2) is 14.4 Å². The molecule has 1 amide bonds. The number of aliphatic hydroxyl groups excluding tert-OH is 2. The summed E-state index contributed by atoms with van der Waals surface area (Å²) in [4.78, 5) is 96.8. The summed E-state index contributed by atoms with van der Waals surface area (Å²) in [5, 5.41) is 40.6. The van der Waals surface area contributed by atoms with E-state index < -0.39 is 118 Å². The predicted molar refractivity (Wildman–Crippen MR) is 237 cm³/mol. The zero-order chi connectivity index (χ0) is 49.6. The van der Waals surface area contributed by atoms with Crippen LogP contribution in [0, 0.1) is 22.7 Å². The fraction of sp³-hybridized carbons (Fsp3) is 0.580. The van der Waals surface area contributed by atoms with Crippen LogP contribution in [0.3, 0.4) is 0 Å². The standard InChI is InChI=1S/C50H63NO16/c1-26(2)31(53)21-22-35(54)64-33-23-34-49(25-62-34,66-28(4)52)40-42(65-43(58)30-19-15-12-16-20-30)50(61)24-32(27(3)36(47(50,8)9)38(55)41(57)48(33,40)10)63-44(59)39(56)37(29-17-13-11-14-18-29)51-45(60)67-46(5,6)7/h11-20,26,32-34,37-40,42,55-56,61H,21-25H2,1-10H3,(H,51,60)/t32-,33-,34+,37-,38+,39+,40-,42-,48+,49-,50+/m0/s1. The van der Waals surface area contributed by atoms with Gasteiger partial charge in [-0.2, -0.15) is 0 Å². The zero-order valence-corrected chi connectivity index (χ0v) is 39.7. The van der Waals surface area contributed by atoms with Crippen molar-refractivity contribution in [2.75, 3.05) is 6.61 Å². The second kappa shape index (κ2) is 18.9. The van der Waals surface area contributed by atoms with Crippen molar-refractivity contribution < 1.29 is 77.3 Å². The Bertz CT molecular complexity index is 2290. The fourth-order valence-corrected chi connectivity index (χ4v) is 10.4. The molecule has 2 aromatic carbocycles. The minimum Gasteiger partial charge on any atom is -0.461 e. The molecule has 0 aromatic heterocycles. The average molecular weight is 934 g/mol. The Kier molecular flexibility index (Phi) is 14.4. The molecule has 4 N–H and O–H groups in total. The van der Waals surface area contributed by atoms with Gasteiger partial charge >= 0.3 is 30.0 Å². The highest BCUT2D eigenvalue weighted by atomic mass is 16.6. The van der Waals surface area contributed by atoms with Crippen LogP contribution in [-0.4, -0.2) is 117 Å². The number of hydrogen-bond donors (Lipinski definition) is 4. The number of ketones is 2. The van der Waals surface area contributed by atoms with Crippen LogP contribution in [-0.2, 0) is 52.4 Å². The van der Waals surface area contributed by atoms with Crippen molar-refractivity contribution >= 4 is 41.5 Å². The number of Topliss-reactive ketones (excluding diaryl/α,β-unsaturated/α-hetero) is 2. The quantitative estimate of drug-likeness (QED) is 0.120. The Labute approximate surface area is 389 Å². The summed E-state index contributed by atoms with van der Waals surface area (Å²) in [5.74, 6) is -7.09. The summed E-state index contributed by atoms with van der Waals surface area (Å²) in [5.41, 5.74) is -8.75. The number of fused-ring (bicyclic) bond motifs is 5. The molecule has 1 saturated heterocycles. The average Bonchev–Trinajstić information content (AvgIpc) is 3.25. The topological polar surface area (TPSA) is 248 Å². The summed E-state index contributed by atoms with van der Waals surface area (Å²) in [7, 11) is 0. The van der Waals surface area contributed by atoms with E-state index in [0.29, 0.717) is 5.56 Å². The van der Waals surface area contributed by atoms with Gasteiger partial charge in [-0.1, -0.05) is 76.2 Å². The molecule has 6 rings (SSSR count). The van der Waals surface area contributed by atoms with Crippen molar-refractivity contribution in [3.8, 4) is 0 Å². The molecular formula is C50H63NO16. The van der Waals surface area contributed by atoms with Crippen LogP contribution in [0.4, 0.5) is 4.79 Å². The number of benzene rings is 2. The molecule has 2 saturated carbocycles. The molecule has 17 heteroatoms. The van der Waals surface area contributed by atoms with Gasteiger partial charge in [-0.3, -0.25) is 19.2 Å². The highest BCUT2D eigenvalue weighted by molar-refractivity contribution is 5.94. The molecule has 0 unspecified atom stereocenters. The van der Waals surface area contributed by atoms with E-state index in [0.717, 1.165) is 6.92 Å². The van der Waals surface area contributed by atoms with E-state index in [1.807, 2.05) is 0 Å². The molecule has 2 aromatic rings. The van der Waals surface area contributed by atoms with Crippen molar-refractivity contribution in [2.45, 2.75) is 154 Å². The third-order valence-corrected chi connectivity index (χ3v) is 14.0. The molecule has 67 heavy (non-hydrogen) atoms. The lowest BCUT2D eigenvalue weighted by Gasteiger charge is -2.67. The van der Waals surface area contributed by atoms with Gasteiger partial charge in [0.2, 0.25) is 0 Å². The number of carbonyl (C=O) groups excluding carboxylic acids is 7. The Morgan fingerprint density at radius 1 is 0.910 bits per heavy atom. The fourth-order valence-electron chi connectivity index (χ4n) is 10.4. The van der Waals surface area contributed by atoms with Crippen LogP contribution >= 0.6 is 0 Å². The smallest absolute Gasteiger partial charge is 0.408 e. The summed E-state index contributed by atoms with van der Waals surface area (Å²) in [6, 6.07) is 14.4. The van der Waals surface area contributed by atoms with Crippen LogP contribution in [0.2, 0.25) is 0 Å². The number of alkyl carbamates (subject to hydrolysis) is 1. The van der Waals surface area contributed by atoms with Crippen LogP contribution in [0.1, 0.15) is 117 Å². The number of rotatable bonds is 13. The summed E-state index contributed by atoms with van der Waals surface area (Å²) in [6.07, 6.45) is -12.5. The number of esters is 4. The summed E-state index contributed by atoms with van der Waals surface area (Å²) >= 11 is 0. The Morgan fingerprint density at radius 3 is 2.07 bits per heavy atom. The van der Waals surface area contributed by atoms with Gasteiger partial charge in [0.15, 0.2) is 17.5 Å². The Morgan fingerprint density at radius 2 is 1.52 bits per heavy atom. The molecule has 1 heterocycles. The third-order valence-electron chi connectivity index (χ3n) is 14.0. The molecule has 0 spiro atoms. The number of aliphatic hydroxyl groups is 3. The molecule has 11 atom stereocenters. The van der Waals surface area contributed by atoms with Gasteiger partial charge in [0.1, 0.15) is 47.5 Å². The Hall–Kier alpha value is -5.49. The number of hydrogen-bond acceptors (Lipinski definition) is 16. The predicted octanol–water partition coefficient (Wildman–Crippen LogP) is 4.82. The molecule has 17 nitrogen and oxygen atoms in total. The lowest BCUT2D eigenvalue weighted by Crippen LogP contribution is -2.82. The van der Waals surface area contributed by atoms with Gasteiger partial charge in [0.05, 0.1) is 36.0 Å². The maximum absolute atomic E-state index is 15.6. The SMILES string of the molecule is CC(=O)O[C@@]12CO[C@@H]1C[C@H](OC(=O)CCC(=O)C(C)C)[C@@]1(C)C(=O)[C@H](O)C3=C(C)[C@@H](OC(=O)[C@H](O)[C@@H](NC(=O)OC(C)(C)C)c4ccccc4)C[C@@](O)([C@@H](OC(=O)c4ccccc4)[C@H]21)C3(C)C. The first-order valence-electron chi connectivity index (χ1n) is 22.6. The monoisotopic (exact) mass is 933 g/mol. The van der Waals surface area contributed by atoms with Crippen LogP contribution in [0.25, 0.3) is 0 Å². The largest absolute Gasteiger partial charge is 0.461 e. The van der Waals surface area contributed by atoms with E-state index >= 15 is 4.79 Å². The second-order valence-corrected chi connectivity index (χ2v) is 20.2. The molecule has 3 fully saturated rings. The summed E-state index contributed by atoms with van der Waals surface area (Å²) < 4.78 is 36.1. The molecule has 364 valence electrons. The number of amides is 1. The molecule has 2 bridgehead atoms. The minimum absolute atomic E-state index is 0.0360. The maximum atomic E-state index is 15.6. The summed E-state index contributed by atoms with van der Waals surface area (Å²) in [6.45, 7) is 15.0. The molecule has 0 radical (unpaired) electrons. The van der Waals surface area contributed by atoms with Crippen molar-refractivity contribution in [1.82, 2.24) is 5.32 Å². The normalized spacial score (nSPS) is 30.7. The number of nitrogens with one attached hydrogen (secondary N) is 1. The first-order chi connectivity index (χ1) is 31.2. The van der Waals surface area contributed by atoms with Crippen LogP contribution in [0.5, 0.6) is 0 Å². The lowest BCUT2D eigenvalue weighted by molar-refractivity contribution is -0.346. The van der Waals surface area contributed by atoms with E-state index in [-0.39, 0.29) is 54.3 Å². The van der Waals surface area contributed by atoms with Crippen molar-refractivity contribution in [3.63, 3.8) is 0 Å². The first kappa shape index (κ1) is 50.9. The van der Waals surface area contributed by atoms with E-state index in [9.17, 15) is 44.1 Å². The second-order valence-electron chi connectivity index (χ2n) is 20.2. The maximum Gasteiger partial charge on any atom is 0.408 e. The third kappa shape index (κ3) is 9.52. The van der Waals surface area contributed by atoms with Crippen molar-refractivity contribution in [2.24, 2.45) is 22.7 Å². The minimum atomic E-state index is -2.45. The van der Waals surface area contributed by atoms with Gasteiger partial charge < -0.3 is 49.1 Å². The Balaban J connectivity index is 1.51. The van der Waals surface area contributed by atoms with Crippen molar-refractivity contribution in [1.29, 1.82) is 0 Å². The van der Waals surface area contributed by atoms with Gasteiger partial charge in [-0.05, 0) is 63.5 Å². The molecule has 3 aliphatic carbocycles. The number of carbonyl (C=O) groups is 7. The first-order valence-corrected chi connectivity index (χ1v) is 22.6.